The fraction of sp³-hybridized carbons (Fsp3) is 0.909. The summed E-state index contributed by atoms with van der Waals surface area (Å²) in [4.78, 5) is 11.3. The molecule has 0 aromatic carbocycles. The van der Waals surface area contributed by atoms with E-state index in [0.717, 1.165) is 6.42 Å². The Kier molecular flexibility index (Phi) is 4.54. The summed E-state index contributed by atoms with van der Waals surface area (Å²) in [5, 5.41) is 2.85. The predicted molar refractivity (Wildman–Crippen MR) is 57.3 cm³/mol. The van der Waals surface area contributed by atoms with E-state index in [2.05, 4.69) is 19.2 Å². The number of amides is 1. The first kappa shape index (κ1) is 12.5. The Morgan fingerprint density at radius 1 is 1.40 bits per heavy atom. The van der Waals surface area contributed by atoms with E-state index < -0.39 is 0 Å². The van der Waals surface area contributed by atoms with Crippen molar-refractivity contribution in [2.24, 2.45) is 5.92 Å². The number of nitrogens with one attached hydrogen (secondary N) is 1. The number of ether oxygens (including phenoxy) is 2. The van der Waals surface area contributed by atoms with Gasteiger partial charge in [-0.25, -0.2) is 0 Å². The molecule has 1 N–H and O–H groups in total. The Bertz CT molecular complexity index is 218. The van der Waals surface area contributed by atoms with E-state index in [0.29, 0.717) is 12.5 Å². The minimum absolute atomic E-state index is 0.0211. The van der Waals surface area contributed by atoms with Crippen LogP contribution in [0.1, 0.15) is 34.1 Å². The van der Waals surface area contributed by atoms with Gasteiger partial charge >= 0.3 is 0 Å². The lowest BCUT2D eigenvalue weighted by atomic mass is 9.93. The Hall–Kier alpha value is -0.610. The van der Waals surface area contributed by atoms with Crippen LogP contribution in [0.25, 0.3) is 0 Å². The molecule has 0 aromatic heterocycles. The van der Waals surface area contributed by atoms with Gasteiger partial charge in [0.1, 0.15) is 0 Å². The summed E-state index contributed by atoms with van der Waals surface area (Å²) < 4.78 is 10.8. The normalized spacial score (nSPS) is 27.4. The van der Waals surface area contributed by atoms with Crippen molar-refractivity contribution in [3.05, 3.63) is 0 Å². The maximum Gasteiger partial charge on any atom is 0.251 e. The van der Waals surface area contributed by atoms with Crippen LogP contribution in [-0.2, 0) is 14.3 Å². The van der Waals surface area contributed by atoms with E-state index in [1.165, 1.54) is 0 Å². The van der Waals surface area contributed by atoms with Crippen LogP contribution in [-0.4, -0.2) is 30.9 Å². The SMILES string of the molecule is CCOC(C)O[C@H]1C(=O)N[C@H]1CC(C)C. The van der Waals surface area contributed by atoms with Crippen LogP contribution in [0, 0.1) is 5.92 Å². The molecule has 1 aliphatic rings. The molecule has 0 spiro atoms. The number of carbonyl (C=O) groups excluding carboxylic acids is 1. The maximum atomic E-state index is 11.3. The number of rotatable bonds is 6. The molecule has 1 fully saturated rings. The molecule has 0 aliphatic carbocycles. The zero-order valence-electron chi connectivity index (χ0n) is 9.95. The molecule has 1 saturated heterocycles. The van der Waals surface area contributed by atoms with Crippen molar-refractivity contribution < 1.29 is 14.3 Å². The highest BCUT2D eigenvalue weighted by molar-refractivity contribution is 5.88. The first-order valence-electron chi connectivity index (χ1n) is 5.62. The molecule has 0 radical (unpaired) electrons. The molecular weight excluding hydrogens is 194 g/mol. The third-order valence-electron chi connectivity index (χ3n) is 2.42. The third-order valence-corrected chi connectivity index (χ3v) is 2.42. The Morgan fingerprint density at radius 2 is 2.07 bits per heavy atom. The van der Waals surface area contributed by atoms with Gasteiger partial charge in [-0.2, -0.15) is 0 Å². The summed E-state index contributed by atoms with van der Waals surface area (Å²) in [7, 11) is 0. The molecule has 1 amide bonds. The van der Waals surface area contributed by atoms with Crippen LogP contribution in [0.15, 0.2) is 0 Å². The second kappa shape index (κ2) is 5.47. The van der Waals surface area contributed by atoms with E-state index >= 15 is 0 Å². The molecule has 0 bridgehead atoms. The molecule has 4 heteroatoms. The van der Waals surface area contributed by atoms with Gasteiger partial charge in [0.05, 0.1) is 6.04 Å². The van der Waals surface area contributed by atoms with Crippen LogP contribution >= 0.6 is 0 Å². The van der Waals surface area contributed by atoms with Crippen LogP contribution in [0.3, 0.4) is 0 Å². The van der Waals surface area contributed by atoms with Crippen LogP contribution in [0.4, 0.5) is 0 Å². The smallest absolute Gasteiger partial charge is 0.251 e. The molecule has 0 aromatic rings. The minimum atomic E-state index is -0.325. The van der Waals surface area contributed by atoms with Gasteiger partial charge in [0.15, 0.2) is 12.4 Å². The first-order valence-corrected chi connectivity index (χ1v) is 5.62. The molecule has 1 rings (SSSR count). The maximum absolute atomic E-state index is 11.3. The summed E-state index contributed by atoms with van der Waals surface area (Å²) in [6.07, 6.45) is 0.324. The topological polar surface area (TPSA) is 47.6 Å². The van der Waals surface area contributed by atoms with Gasteiger partial charge in [0.25, 0.3) is 5.91 Å². The van der Waals surface area contributed by atoms with Gasteiger partial charge in [-0.05, 0) is 26.2 Å². The van der Waals surface area contributed by atoms with Gasteiger partial charge in [0.2, 0.25) is 0 Å². The van der Waals surface area contributed by atoms with Crippen molar-refractivity contribution in [3.63, 3.8) is 0 Å². The summed E-state index contributed by atoms with van der Waals surface area (Å²) in [6, 6.07) is 0.153. The Labute approximate surface area is 91.3 Å². The third kappa shape index (κ3) is 3.47. The van der Waals surface area contributed by atoms with Crippen LogP contribution in [0.2, 0.25) is 0 Å². The lowest BCUT2D eigenvalue weighted by Gasteiger charge is -2.38. The molecule has 1 unspecified atom stereocenters. The highest BCUT2D eigenvalue weighted by Gasteiger charge is 2.41. The van der Waals surface area contributed by atoms with Gasteiger partial charge in [-0.3, -0.25) is 4.79 Å². The first-order chi connectivity index (χ1) is 7.04. The van der Waals surface area contributed by atoms with E-state index in [1.807, 2.05) is 13.8 Å². The van der Waals surface area contributed by atoms with Gasteiger partial charge in [0, 0.05) is 6.61 Å². The minimum Gasteiger partial charge on any atom is -0.353 e. The zero-order valence-corrected chi connectivity index (χ0v) is 9.95. The van der Waals surface area contributed by atoms with E-state index in [4.69, 9.17) is 9.47 Å². The molecule has 1 heterocycles. The second-order valence-corrected chi connectivity index (χ2v) is 4.32. The summed E-state index contributed by atoms with van der Waals surface area (Å²) in [5.74, 6) is 0.538. The van der Waals surface area contributed by atoms with Gasteiger partial charge < -0.3 is 14.8 Å². The number of hydrogen-bond acceptors (Lipinski definition) is 3. The van der Waals surface area contributed by atoms with Crippen molar-refractivity contribution in [2.45, 2.75) is 52.6 Å². The molecule has 15 heavy (non-hydrogen) atoms. The number of hydrogen-bond donors (Lipinski definition) is 1. The monoisotopic (exact) mass is 215 g/mol. The van der Waals surface area contributed by atoms with Crippen molar-refractivity contribution in [3.8, 4) is 0 Å². The van der Waals surface area contributed by atoms with Gasteiger partial charge in [-0.15, -0.1) is 0 Å². The summed E-state index contributed by atoms with van der Waals surface area (Å²) >= 11 is 0. The van der Waals surface area contributed by atoms with E-state index in [1.54, 1.807) is 0 Å². The van der Waals surface area contributed by atoms with Crippen LogP contribution < -0.4 is 5.32 Å². The lowest BCUT2D eigenvalue weighted by molar-refractivity contribution is -0.192. The summed E-state index contributed by atoms with van der Waals surface area (Å²) in [6.45, 7) is 8.60. The average molecular weight is 215 g/mol. The fourth-order valence-electron chi connectivity index (χ4n) is 1.75. The van der Waals surface area contributed by atoms with Crippen molar-refractivity contribution in [1.82, 2.24) is 5.32 Å². The largest absolute Gasteiger partial charge is 0.353 e. The quantitative estimate of drug-likeness (QED) is 0.536. The highest BCUT2D eigenvalue weighted by atomic mass is 16.7. The molecular formula is C11H21NO3. The lowest BCUT2D eigenvalue weighted by Crippen LogP contribution is -2.64. The Balaban J connectivity index is 2.34. The second-order valence-electron chi connectivity index (χ2n) is 4.32. The number of β-lactam (4-membered cyclic amide) rings is 1. The molecule has 88 valence electrons. The standard InChI is InChI=1S/C11H21NO3/c1-5-14-8(4)15-10-9(6-7(2)3)12-11(10)13/h7-10H,5-6H2,1-4H3,(H,12,13)/t8?,9-,10+/m0/s1. The van der Waals surface area contributed by atoms with Crippen LogP contribution in [0.5, 0.6) is 0 Å². The molecule has 4 nitrogen and oxygen atoms in total. The van der Waals surface area contributed by atoms with E-state index in [9.17, 15) is 4.79 Å². The van der Waals surface area contributed by atoms with Crippen molar-refractivity contribution >= 4 is 5.91 Å². The van der Waals surface area contributed by atoms with Crippen molar-refractivity contribution in [1.29, 1.82) is 0 Å². The molecule has 3 atom stereocenters. The highest BCUT2D eigenvalue weighted by Crippen LogP contribution is 2.20. The van der Waals surface area contributed by atoms with E-state index in [-0.39, 0.29) is 24.3 Å². The zero-order chi connectivity index (χ0) is 11.4. The average Bonchev–Trinajstić information content (AvgIpc) is 2.14. The molecule has 0 saturated carbocycles. The fourth-order valence-corrected chi connectivity index (χ4v) is 1.75. The van der Waals surface area contributed by atoms with Gasteiger partial charge in [-0.1, -0.05) is 13.8 Å². The Morgan fingerprint density at radius 3 is 2.53 bits per heavy atom. The number of carbonyl (C=O) groups is 1. The molecule has 1 aliphatic heterocycles. The van der Waals surface area contributed by atoms with Crippen molar-refractivity contribution in [2.75, 3.05) is 6.61 Å². The predicted octanol–water partition coefficient (Wildman–Crippen LogP) is 1.30. The summed E-state index contributed by atoms with van der Waals surface area (Å²) in [5.41, 5.74) is 0.